The molecule has 4 heterocycles. The molecular formula is C28H33N9O2. The average molecular weight is 528 g/mol. The van der Waals surface area contributed by atoms with Gasteiger partial charge in [-0.1, -0.05) is 35.5 Å². The molecule has 0 unspecified atom stereocenters. The Labute approximate surface area is 226 Å². The van der Waals surface area contributed by atoms with Crippen molar-refractivity contribution in [2.45, 2.75) is 64.4 Å². The van der Waals surface area contributed by atoms with Gasteiger partial charge in [0.05, 0.1) is 41.9 Å². The number of tetrazole rings is 1. The van der Waals surface area contributed by atoms with Crippen LogP contribution in [-0.4, -0.2) is 53.2 Å². The van der Waals surface area contributed by atoms with E-state index in [1.165, 1.54) is 5.56 Å². The van der Waals surface area contributed by atoms with Gasteiger partial charge < -0.3 is 14.9 Å². The maximum absolute atomic E-state index is 6.73. The minimum Gasteiger partial charge on any atom is -0.464 e. The normalized spacial score (nSPS) is 18.7. The average Bonchev–Trinajstić information content (AvgIpc) is 3.68. The molecule has 202 valence electrons. The van der Waals surface area contributed by atoms with Gasteiger partial charge in [-0.15, -0.1) is 10.2 Å². The van der Waals surface area contributed by atoms with Crippen LogP contribution in [0.2, 0.25) is 0 Å². The minimum absolute atomic E-state index is 0.0363. The first-order valence-corrected chi connectivity index (χ1v) is 13.2. The molecule has 2 aromatic carbocycles. The molecule has 2 atom stereocenters. The van der Waals surface area contributed by atoms with Crippen molar-refractivity contribution in [3.8, 4) is 5.69 Å². The molecule has 5 aromatic rings. The van der Waals surface area contributed by atoms with Crippen LogP contribution in [-0.2, 0) is 23.4 Å². The Morgan fingerprint density at radius 1 is 1.15 bits per heavy atom. The number of aryl methyl sites for hydroxylation is 1. The zero-order chi connectivity index (χ0) is 27.0. The number of aromatic nitrogens is 7. The topological polar surface area (TPSA) is 137 Å². The van der Waals surface area contributed by atoms with E-state index < -0.39 is 5.54 Å². The second kappa shape index (κ2) is 10.3. The quantitative estimate of drug-likeness (QED) is 0.307. The van der Waals surface area contributed by atoms with Crippen molar-refractivity contribution in [2.75, 3.05) is 6.54 Å². The van der Waals surface area contributed by atoms with E-state index in [2.05, 4.69) is 60.1 Å². The molecule has 0 amide bonds. The van der Waals surface area contributed by atoms with E-state index in [9.17, 15) is 0 Å². The lowest BCUT2D eigenvalue weighted by Crippen LogP contribution is -2.43. The number of hydrogen-bond donors (Lipinski definition) is 2. The van der Waals surface area contributed by atoms with Gasteiger partial charge in [0.25, 0.3) is 0 Å². The van der Waals surface area contributed by atoms with Crippen molar-refractivity contribution in [3.05, 3.63) is 83.1 Å². The summed E-state index contributed by atoms with van der Waals surface area (Å²) in [6.07, 6.45) is 3.61. The molecule has 11 heteroatoms. The number of benzene rings is 2. The van der Waals surface area contributed by atoms with Gasteiger partial charge in [-0.3, -0.25) is 10.00 Å². The van der Waals surface area contributed by atoms with Crippen LogP contribution < -0.4 is 5.73 Å². The van der Waals surface area contributed by atoms with Crippen molar-refractivity contribution < 1.29 is 9.15 Å². The van der Waals surface area contributed by atoms with Crippen molar-refractivity contribution in [1.82, 2.24) is 40.5 Å². The number of nitrogens with two attached hydrogens (primary N) is 1. The van der Waals surface area contributed by atoms with E-state index in [1.54, 1.807) is 10.9 Å². The zero-order valence-electron chi connectivity index (χ0n) is 22.4. The first-order chi connectivity index (χ1) is 18.9. The number of aromatic amines is 1. The minimum atomic E-state index is -0.565. The van der Waals surface area contributed by atoms with E-state index in [4.69, 9.17) is 14.9 Å². The Bertz CT molecular complexity index is 1550. The SMILES string of the molecule is Cc1nnnn1-c1cc(CO[C@H]2CCCN(Cc3nn[nH]c3C(C)(C)N)[C@H]2c2ccccc2)c2occc2c1. The first-order valence-electron chi connectivity index (χ1n) is 13.2. The molecule has 11 nitrogen and oxygen atoms in total. The molecule has 1 aliphatic rings. The smallest absolute Gasteiger partial charge is 0.153 e. The van der Waals surface area contributed by atoms with E-state index in [0.717, 1.165) is 53.0 Å². The molecule has 0 saturated carbocycles. The van der Waals surface area contributed by atoms with Gasteiger partial charge in [-0.25, -0.2) is 0 Å². The van der Waals surface area contributed by atoms with Gasteiger partial charge in [0.2, 0.25) is 0 Å². The lowest BCUT2D eigenvalue weighted by atomic mass is 9.91. The number of fused-ring (bicyclic) bond motifs is 1. The van der Waals surface area contributed by atoms with Crippen LogP contribution in [0.5, 0.6) is 0 Å². The third kappa shape index (κ3) is 5.08. The maximum atomic E-state index is 6.73. The van der Waals surface area contributed by atoms with Crippen molar-refractivity contribution >= 4 is 11.0 Å². The summed E-state index contributed by atoms with van der Waals surface area (Å²) in [5.74, 6) is 0.713. The van der Waals surface area contributed by atoms with Crippen LogP contribution in [0.3, 0.4) is 0 Å². The van der Waals surface area contributed by atoms with Crippen LogP contribution in [0.1, 0.15) is 61.1 Å². The van der Waals surface area contributed by atoms with Gasteiger partial charge in [0.1, 0.15) is 11.3 Å². The highest BCUT2D eigenvalue weighted by Gasteiger charge is 2.35. The summed E-state index contributed by atoms with van der Waals surface area (Å²) >= 11 is 0. The van der Waals surface area contributed by atoms with Crippen LogP contribution in [0.4, 0.5) is 0 Å². The van der Waals surface area contributed by atoms with Crippen molar-refractivity contribution in [2.24, 2.45) is 5.73 Å². The zero-order valence-corrected chi connectivity index (χ0v) is 22.4. The van der Waals surface area contributed by atoms with Gasteiger partial charge in [-0.05, 0) is 74.3 Å². The number of nitrogens with one attached hydrogen (secondary N) is 1. The Morgan fingerprint density at radius 2 is 2.00 bits per heavy atom. The van der Waals surface area contributed by atoms with Crippen molar-refractivity contribution in [1.29, 1.82) is 0 Å². The molecule has 3 aromatic heterocycles. The van der Waals surface area contributed by atoms with Gasteiger partial charge in [-0.2, -0.15) is 4.68 Å². The summed E-state index contributed by atoms with van der Waals surface area (Å²) in [4.78, 5) is 2.43. The predicted molar refractivity (Wildman–Crippen MR) is 145 cm³/mol. The van der Waals surface area contributed by atoms with Crippen molar-refractivity contribution in [3.63, 3.8) is 0 Å². The second-order valence-electron chi connectivity index (χ2n) is 10.8. The molecule has 3 N–H and O–H groups in total. The number of hydrogen-bond acceptors (Lipinski definition) is 9. The summed E-state index contributed by atoms with van der Waals surface area (Å²) in [5.41, 5.74) is 11.4. The Balaban J connectivity index is 1.30. The van der Waals surface area contributed by atoms with Gasteiger partial charge >= 0.3 is 0 Å². The molecule has 0 aliphatic carbocycles. The number of H-pyrrole nitrogens is 1. The van der Waals surface area contributed by atoms with Crippen LogP contribution in [0.15, 0.2) is 59.2 Å². The largest absolute Gasteiger partial charge is 0.464 e. The van der Waals surface area contributed by atoms with Crippen LogP contribution in [0, 0.1) is 6.92 Å². The van der Waals surface area contributed by atoms with E-state index >= 15 is 0 Å². The third-order valence-corrected chi connectivity index (χ3v) is 7.37. The number of furan rings is 1. The number of nitrogens with zero attached hydrogens (tertiary/aromatic N) is 7. The summed E-state index contributed by atoms with van der Waals surface area (Å²) in [5, 5.41) is 24.4. The molecular weight excluding hydrogens is 494 g/mol. The fraction of sp³-hybridized carbons (Fsp3) is 0.393. The standard InChI is InChI=1S/C28H33N9O2/c1-18-30-34-35-37(18)22-14-20-11-13-38-26(20)21(15-22)17-39-24-10-7-12-36(25(24)19-8-5-4-6-9-19)16-23-27(28(2,3)29)32-33-31-23/h4-6,8-9,11,13-15,24-25H,7,10,12,16-17,29H2,1-3H3,(H,31,32,33)/t24-,25-/m0/s1. The lowest BCUT2D eigenvalue weighted by Gasteiger charge is -2.41. The summed E-state index contributed by atoms with van der Waals surface area (Å²) in [7, 11) is 0. The van der Waals surface area contributed by atoms with Crippen LogP contribution >= 0.6 is 0 Å². The number of likely N-dealkylation sites (tertiary alicyclic amines) is 1. The molecule has 1 aliphatic heterocycles. The summed E-state index contributed by atoms with van der Waals surface area (Å²) in [6, 6.07) is 16.6. The highest BCUT2D eigenvalue weighted by Crippen LogP contribution is 2.36. The molecule has 1 saturated heterocycles. The molecule has 1 fully saturated rings. The highest BCUT2D eigenvalue weighted by atomic mass is 16.5. The number of rotatable bonds is 8. The van der Waals surface area contributed by atoms with Crippen LogP contribution in [0.25, 0.3) is 16.7 Å². The number of piperidine rings is 1. The fourth-order valence-electron chi connectivity index (χ4n) is 5.56. The van der Waals surface area contributed by atoms with E-state index in [1.807, 2.05) is 45.0 Å². The molecule has 0 spiro atoms. The van der Waals surface area contributed by atoms with E-state index in [0.29, 0.717) is 19.0 Å². The molecule has 0 bridgehead atoms. The highest BCUT2D eigenvalue weighted by molar-refractivity contribution is 5.82. The molecule has 39 heavy (non-hydrogen) atoms. The van der Waals surface area contributed by atoms with E-state index in [-0.39, 0.29) is 12.1 Å². The Hall–Kier alpha value is -3.93. The first kappa shape index (κ1) is 25.4. The second-order valence-corrected chi connectivity index (χ2v) is 10.8. The maximum Gasteiger partial charge on any atom is 0.153 e. The third-order valence-electron chi connectivity index (χ3n) is 7.37. The number of ether oxygens (including phenoxy) is 1. The van der Waals surface area contributed by atoms with Gasteiger partial charge in [0.15, 0.2) is 5.82 Å². The summed E-state index contributed by atoms with van der Waals surface area (Å²) < 4.78 is 14.3. The summed E-state index contributed by atoms with van der Waals surface area (Å²) in [6.45, 7) is 7.75. The van der Waals surface area contributed by atoms with Gasteiger partial charge in [0, 0.05) is 17.5 Å². The predicted octanol–water partition coefficient (Wildman–Crippen LogP) is 3.95. The Kier molecular flexibility index (Phi) is 6.71. The molecule has 0 radical (unpaired) electrons. The Morgan fingerprint density at radius 3 is 2.77 bits per heavy atom. The fourth-order valence-corrected chi connectivity index (χ4v) is 5.56. The monoisotopic (exact) mass is 527 g/mol. The molecule has 6 rings (SSSR count). The lowest BCUT2D eigenvalue weighted by molar-refractivity contribution is -0.0556.